The molecule has 89 valence electrons. The van der Waals surface area contributed by atoms with Crippen molar-refractivity contribution in [1.29, 1.82) is 0 Å². The highest BCUT2D eigenvalue weighted by Gasteiger charge is 2.12. The van der Waals surface area contributed by atoms with Crippen LogP contribution < -0.4 is 5.73 Å². The molecule has 2 nitrogen and oxygen atoms in total. The van der Waals surface area contributed by atoms with Gasteiger partial charge in [0.05, 0.1) is 0 Å². The summed E-state index contributed by atoms with van der Waals surface area (Å²) in [5.74, 6) is -0.387. The van der Waals surface area contributed by atoms with Crippen LogP contribution in [0.3, 0.4) is 0 Å². The molecule has 19 heavy (non-hydrogen) atoms. The number of carbonyl (C=O) groups excluding carboxylic acids is 1. The second-order valence-corrected chi connectivity index (χ2v) is 4.74. The fraction of sp³-hybridized carbons (Fsp3) is 0. The van der Waals surface area contributed by atoms with Gasteiger partial charge in [0, 0.05) is 5.56 Å². The van der Waals surface area contributed by atoms with Gasteiger partial charge in [0.25, 0.3) is 0 Å². The summed E-state index contributed by atoms with van der Waals surface area (Å²) < 4.78 is 0. The smallest absolute Gasteiger partial charge is 0.249 e. The summed E-state index contributed by atoms with van der Waals surface area (Å²) >= 11 is 0. The Hall–Kier alpha value is -2.61. The molecule has 0 aromatic heterocycles. The van der Waals surface area contributed by atoms with Crippen molar-refractivity contribution in [3.8, 4) is 0 Å². The first-order chi connectivity index (χ1) is 9.25. The van der Waals surface area contributed by atoms with Gasteiger partial charge in [-0.2, -0.15) is 0 Å². The minimum Gasteiger partial charge on any atom is -0.366 e. The van der Waals surface area contributed by atoms with Gasteiger partial charge >= 0.3 is 0 Å². The first-order valence-electron chi connectivity index (χ1n) is 6.14. The molecular weight excluding hydrogens is 234 g/mol. The third-order valence-corrected chi connectivity index (χ3v) is 3.71. The number of hydrogen-bond donors (Lipinski definition) is 1. The number of amides is 1. The fourth-order valence-corrected chi connectivity index (χ4v) is 2.87. The Morgan fingerprint density at radius 2 is 1.63 bits per heavy atom. The molecule has 1 radical (unpaired) electrons. The topological polar surface area (TPSA) is 43.1 Å². The van der Waals surface area contributed by atoms with Crippen LogP contribution in [0.4, 0.5) is 0 Å². The molecule has 4 aromatic carbocycles. The minimum atomic E-state index is -0.387. The first-order valence-corrected chi connectivity index (χ1v) is 6.14. The SMILES string of the molecule is NC(=O)c1ccc2ccc3cc[c]c4ccc1c2c43. The molecule has 0 aliphatic carbocycles. The van der Waals surface area contributed by atoms with Gasteiger partial charge < -0.3 is 5.73 Å². The lowest BCUT2D eigenvalue weighted by molar-refractivity contribution is 0.100. The molecule has 2 N–H and O–H groups in total. The van der Waals surface area contributed by atoms with Crippen LogP contribution in [0.25, 0.3) is 32.3 Å². The zero-order valence-corrected chi connectivity index (χ0v) is 10.1. The van der Waals surface area contributed by atoms with E-state index < -0.39 is 0 Å². The Labute approximate surface area is 109 Å². The predicted octanol–water partition coefficient (Wildman–Crippen LogP) is 3.48. The highest BCUT2D eigenvalue weighted by atomic mass is 16.1. The number of rotatable bonds is 1. The zero-order valence-electron chi connectivity index (χ0n) is 10.1. The molecule has 0 unspecified atom stereocenters. The van der Waals surface area contributed by atoms with E-state index in [1.165, 1.54) is 0 Å². The van der Waals surface area contributed by atoms with Crippen molar-refractivity contribution in [3.05, 3.63) is 60.2 Å². The third-order valence-electron chi connectivity index (χ3n) is 3.71. The lowest BCUT2D eigenvalue weighted by Crippen LogP contribution is -2.11. The van der Waals surface area contributed by atoms with E-state index in [0.29, 0.717) is 5.56 Å². The van der Waals surface area contributed by atoms with Crippen LogP contribution in [-0.2, 0) is 0 Å². The molecule has 1 amide bonds. The monoisotopic (exact) mass is 244 g/mol. The molecule has 4 aromatic rings. The van der Waals surface area contributed by atoms with Crippen molar-refractivity contribution in [2.75, 3.05) is 0 Å². The summed E-state index contributed by atoms with van der Waals surface area (Å²) in [5.41, 5.74) is 6.04. The average Bonchev–Trinajstić information content (AvgIpc) is 2.44. The molecule has 0 aliphatic heterocycles. The Morgan fingerprint density at radius 3 is 2.42 bits per heavy atom. The van der Waals surface area contributed by atoms with E-state index in [2.05, 4.69) is 18.2 Å². The van der Waals surface area contributed by atoms with Gasteiger partial charge in [-0.3, -0.25) is 4.79 Å². The average molecular weight is 244 g/mol. The molecular formula is C17H10NO. The standard InChI is InChI=1S/C17H10NO/c18-17(19)14-9-7-12-5-4-10-2-1-3-11-6-8-13(14)16(12)15(10)11/h1-2,4-9H,(H2,18,19). The maximum absolute atomic E-state index is 11.6. The quantitative estimate of drug-likeness (QED) is 0.512. The Bertz CT molecular complexity index is 924. The van der Waals surface area contributed by atoms with Crippen molar-refractivity contribution >= 4 is 38.2 Å². The van der Waals surface area contributed by atoms with Crippen molar-refractivity contribution in [2.24, 2.45) is 5.73 Å². The van der Waals surface area contributed by atoms with Crippen LogP contribution in [0.5, 0.6) is 0 Å². The van der Waals surface area contributed by atoms with Crippen LogP contribution in [0.15, 0.2) is 48.5 Å². The third kappa shape index (κ3) is 1.28. The van der Waals surface area contributed by atoms with Gasteiger partial charge in [0.2, 0.25) is 5.91 Å². The van der Waals surface area contributed by atoms with Gasteiger partial charge in [-0.15, -0.1) is 0 Å². The lowest BCUT2D eigenvalue weighted by Gasteiger charge is -2.12. The summed E-state index contributed by atoms with van der Waals surface area (Å²) in [4.78, 5) is 11.6. The lowest BCUT2D eigenvalue weighted by atomic mass is 9.92. The van der Waals surface area contributed by atoms with Crippen molar-refractivity contribution in [1.82, 2.24) is 0 Å². The van der Waals surface area contributed by atoms with E-state index in [1.54, 1.807) is 6.07 Å². The number of primary amides is 1. The van der Waals surface area contributed by atoms with E-state index in [1.807, 2.05) is 30.3 Å². The predicted molar refractivity (Wildman–Crippen MR) is 77.5 cm³/mol. The molecule has 0 fully saturated rings. The van der Waals surface area contributed by atoms with Gasteiger partial charge in [-0.25, -0.2) is 0 Å². The van der Waals surface area contributed by atoms with Crippen LogP contribution in [-0.4, -0.2) is 5.91 Å². The molecule has 0 heterocycles. The Kier molecular flexibility index (Phi) is 1.88. The first kappa shape index (κ1) is 10.3. The van der Waals surface area contributed by atoms with Crippen molar-refractivity contribution in [2.45, 2.75) is 0 Å². The number of benzene rings is 4. The van der Waals surface area contributed by atoms with E-state index in [0.717, 1.165) is 32.3 Å². The summed E-state index contributed by atoms with van der Waals surface area (Å²) in [7, 11) is 0. The van der Waals surface area contributed by atoms with Crippen LogP contribution in [0.2, 0.25) is 0 Å². The van der Waals surface area contributed by atoms with E-state index in [9.17, 15) is 4.79 Å². The summed E-state index contributed by atoms with van der Waals surface area (Å²) in [6.07, 6.45) is 0. The summed E-state index contributed by atoms with van der Waals surface area (Å²) in [6.45, 7) is 0. The fourth-order valence-electron chi connectivity index (χ4n) is 2.87. The molecule has 0 saturated heterocycles. The second-order valence-electron chi connectivity index (χ2n) is 4.74. The number of nitrogens with two attached hydrogens (primary N) is 1. The molecule has 0 spiro atoms. The molecule has 4 rings (SSSR count). The molecule has 0 aliphatic rings. The van der Waals surface area contributed by atoms with Crippen molar-refractivity contribution in [3.63, 3.8) is 0 Å². The van der Waals surface area contributed by atoms with Gasteiger partial charge in [0.15, 0.2) is 0 Å². The van der Waals surface area contributed by atoms with Crippen LogP contribution in [0, 0.1) is 6.07 Å². The van der Waals surface area contributed by atoms with Gasteiger partial charge in [-0.1, -0.05) is 42.5 Å². The molecule has 2 heteroatoms. The summed E-state index contributed by atoms with van der Waals surface area (Å²) in [5, 5.41) is 6.52. The molecule has 0 saturated carbocycles. The Morgan fingerprint density at radius 1 is 0.895 bits per heavy atom. The zero-order chi connectivity index (χ0) is 13.0. The molecule has 0 bridgehead atoms. The minimum absolute atomic E-state index is 0.387. The van der Waals surface area contributed by atoms with Crippen LogP contribution >= 0.6 is 0 Å². The van der Waals surface area contributed by atoms with Crippen molar-refractivity contribution < 1.29 is 4.79 Å². The highest BCUT2D eigenvalue weighted by Crippen LogP contribution is 2.35. The number of hydrogen-bond acceptors (Lipinski definition) is 1. The van der Waals surface area contributed by atoms with E-state index >= 15 is 0 Å². The maximum Gasteiger partial charge on any atom is 0.249 e. The number of carbonyl (C=O) groups is 1. The highest BCUT2D eigenvalue weighted by molar-refractivity contribution is 6.26. The largest absolute Gasteiger partial charge is 0.366 e. The normalized spacial score (nSPS) is 11.6. The maximum atomic E-state index is 11.6. The second kappa shape index (κ2) is 3.45. The van der Waals surface area contributed by atoms with Crippen LogP contribution in [0.1, 0.15) is 10.4 Å². The van der Waals surface area contributed by atoms with Gasteiger partial charge in [0.1, 0.15) is 0 Å². The van der Waals surface area contributed by atoms with Gasteiger partial charge in [-0.05, 0) is 44.5 Å². The summed E-state index contributed by atoms with van der Waals surface area (Å²) in [6, 6.07) is 19.1. The Balaban J connectivity index is 2.38. The molecule has 0 atom stereocenters. The van der Waals surface area contributed by atoms with E-state index in [4.69, 9.17) is 5.73 Å². The van der Waals surface area contributed by atoms with E-state index in [-0.39, 0.29) is 5.91 Å².